The summed E-state index contributed by atoms with van der Waals surface area (Å²) in [5, 5.41) is 2.73. The van der Waals surface area contributed by atoms with Crippen LogP contribution in [0, 0.1) is 0 Å². The molecule has 0 saturated carbocycles. The molecule has 0 heterocycles. The zero-order chi connectivity index (χ0) is 15.7. The first kappa shape index (κ1) is 16.7. The largest absolute Gasteiger partial charge is 0.484 e. The number of carbonyl (C=O) groups excluding carboxylic acids is 2. The molecule has 6 heteroatoms. The van der Waals surface area contributed by atoms with Gasteiger partial charge in [0.15, 0.2) is 6.61 Å². The molecule has 0 bridgehead atoms. The molecule has 21 heavy (non-hydrogen) atoms. The van der Waals surface area contributed by atoms with Crippen molar-refractivity contribution in [3.8, 4) is 5.75 Å². The van der Waals surface area contributed by atoms with Crippen molar-refractivity contribution in [3.63, 3.8) is 0 Å². The highest BCUT2D eigenvalue weighted by Crippen LogP contribution is 2.11. The zero-order valence-corrected chi connectivity index (χ0v) is 12.1. The van der Waals surface area contributed by atoms with Gasteiger partial charge in [-0.3, -0.25) is 9.59 Å². The van der Waals surface area contributed by atoms with Crippen LogP contribution in [-0.2, 0) is 9.53 Å². The second kappa shape index (κ2) is 8.76. The van der Waals surface area contributed by atoms with E-state index in [1.54, 1.807) is 24.3 Å². The van der Waals surface area contributed by atoms with Crippen molar-refractivity contribution in [3.05, 3.63) is 42.0 Å². The number of amides is 2. The molecular formula is C15H20N2O4. The first-order valence-corrected chi connectivity index (χ1v) is 6.50. The number of primary amides is 1. The Morgan fingerprint density at radius 2 is 1.90 bits per heavy atom. The minimum atomic E-state index is -0.549. The van der Waals surface area contributed by atoms with E-state index < -0.39 is 5.91 Å². The zero-order valence-electron chi connectivity index (χ0n) is 12.1. The van der Waals surface area contributed by atoms with E-state index in [1.807, 2.05) is 6.92 Å². The van der Waals surface area contributed by atoms with Crippen LogP contribution in [-0.4, -0.2) is 38.2 Å². The summed E-state index contributed by atoms with van der Waals surface area (Å²) in [7, 11) is 0. The van der Waals surface area contributed by atoms with Crippen LogP contribution in [0.25, 0.3) is 0 Å². The van der Waals surface area contributed by atoms with Gasteiger partial charge in [-0.25, -0.2) is 0 Å². The van der Waals surface area contributed by atoms with E-state index in [2.05, 4.69) is 11.9 Å². The summed E-state index contributed by atoms with van der Waals surface area (Å²) in [6.07, 6.45) is 0. The van der Waals surface area contributed by atoms with Gasteiger partial charge in [-0.1, -0.05) is 12.2 Å². The highest BCUT2D eigenvalue weighted by Gasteiger charge is 2.05. The van der Waals surface area contributed by atoms with E-state index in [9.17, 15) is 9.59 Å². The lowest BCUT2D eigenvalue weighted by molar-refractivity contribution is -0.119. The molecule has 114 valence electrons. The minimum absolute atomic E-state index is 0.189. The Kier molecular flexibility index (Phi) is 6.97. The van der Waals surface area contributed by atoms with Gasteiger partial charge in [0.2, 0.25) is 0 Å². The number of ether oxygens (including phenoxy) is 2. The molecule has 0 fully saturated rings. The number of nitrogens with two attached hydrogens (primary N) is 1. The third-order valence-electron chi connectivity index (χ3n) is 2.38. The van der Waals surface area contributed by atoms with Gasteiger partial charge in [0, 0.05) is 12.1 Å². The molecule has 0 aromatic heterocycles. The van der Waals surface area contributed by atoms with Gasteiger partial charge in [0.05, 0.1) is 13.2 Å². The van der Waals surface area contributed by atoms with Crippen LogP contribution in [0.1, 0.15) is 17.3 Å². The molecule has 1 rings (SSSR count). The predicted octanol–water partition coefficient (Wildman–Crippen LogP) is 0.873. The van der Waals surface area contributed by atoms with E-state index >= 15 is 0 Å². The Morgan fingerprint density at radius 3 is 2.48 bits per heavy atom. The van der Waals surface area contributed by atoms with Crippen molar-refractivity contribution >= 4 is 11.8 Å². The van der Waals surface area contributed by atoms with Gasteiger partial charge in [0.1, 0.15) is 5.75 Å². The number of carbonyl (C=O) groups is 2. The van der Waals surface area contributed by atoms with Crippen molar-refractivity contribution in [2.75, 3.05) is 26.4 Å². The number of nitrogens with one attached hydrogen (secondary N) is 1. The smallest absolute Gasteiger partial charge is 0.255 e. The van der Waals surface area contributed by atoms with E-state index in [0.29, 0.717) is 31.1 Å². The molecule has 1 aromatic rings. The molecule has 0 spiro atoms. The van der Waals surface area contributed by atoms with E-state index in [-0.39, 0.29) is 12.5 Å². The van der Waals surface area contributed by atoms with E-state index in [1.165, 1.54) is 0 Å². The summed E-state index contributed by atoms with van der Waals surface area (Å²) in [5.74, 6) is -0.267. The number of hydrogen-bond donors (Lipinski definition) is 2. The fourth-order valence-electron chi connectivity index (χ4n) is 1.44. The first-order chi connectivity index (χ1) is 9.99. The van der Waals surface area contributed by atoms with E-state index in [0.717, 1.165) is 5.57 Å². The molecule has 0 radical (unpaired) electrons. The van der Waals surface area contributed by atoms with Crippen molar-refractivity contribution in [2.24, 2.45) is 5.73 Å². The van der Waals surface area contributed by atoms with Gasteiger partial charge in [-0.05, 0) is 31.2 Å². The highest BCUT2D eigenvalue weighted by molar-refractivity contribution is 5.94. The van der Waals surface area contributed by atoms with Crippen LogP contribution in [0.3, 0.4) is 0 Å². The summed E-state index contributed by atoms with van der Waals surface area (Å²) < 4.78 is 10.4. The Bertz CT molecular complexity index is 497. The second-order valence-electron chi connectivity index (χ2n) is 4.54. The molecule has 2 amide bonds. The molecule has 0 saturated heterocycles. The average molecular weight is 292 g/mol. The summed E-state index contributed by atoms with van der Waals surface area (Å²) in [6, 6.07) is 6.44. The van der Waals surface area contributed by atoms with Crippen LogP contribution in [0.5, 0.6) is 5.75 Å². The van der Waals surface area contributed by atoms with Crippen molar-refractivity contribution in [1.29, 1.82) is 0 Å². The molecule has 6 nitrogen and oxygen atoms in total. The molecule has 0 unspecified atom stereocenters. The minimum Gasteiger partial charge on any atom is -0.484 e. The third-order valence-corrected chi connectivity index (χ3v) is 2.38. The molecule has 0 atom stereocenters. The lowest BCUT2D eigenvalue weighted by Gasteiger charge is -2.07. The molecule has 0 aliphatic carbocycles. The predicted molar refractivity (Wildman–Crippen MR) is 79.1 cm³/mol. The second-order valence-corrected chi connectivity index (χ2v) is 4.54. The van der Waals surface area contributed by atoms with Gasteiger partial charge < -0.3 is 20.5 Å². The summed E-state index contributed by atoms with van der Waals surface area (Å²) in [6.45, 7) is 6.74. The van der Waals surface area contributed by atoms with Gasteiger partial charge in [-0.2, -0.15) is 0 Å². The van der Waals surface area contributed by atoms with Gasteiger partial charge in [0.25, 0.3) is 11.8 Å². The maximum absolute atomic E-state index is 11.8. The molecule has 0 aliphatic rings. The Labute approximate surface area is 123 Å². The van der Waals surface area contributed by atoms with Crippen LogP contribution < -0.4 is 15.8 Å². The molecule has 0 aliphatic heterocycles. The van der Waals surface area contributed by atoms with Crippen LogP contribution >= 0.6 is 0 Å². The number of hydrogen-bond acceptors (Lipinski definition) is 4. The SMILES string of the molecule is C=C(C)COCCNC(=O)c1ccc(OCC(N)=O)cc1. The number of benzene rings is 1. The van der Waals surface area contributed by atoms with Crippen molar-refractivity contribution < 1.29 is 19.1 Å². The quantitative estimate of drug-likeness (QED) is 0.522. The summed E-state index contributed by atoms with van der Waals surface area (Å²) in [4.78, 5) is 22.4. The maximum atomic E-state index is 11.8. The van der Waals surface area contributed by atoms with Crippen LogP contribution in [0.15, 0.2) is 36.4 Å². The Morgan fingerprint density at radius 1 is 1.24 bits per heavy atom. The van der Waals surface area contributed by atoms with Gasteiger partial charge >= 0.3 is 0 Å². The molecule has 1 aromatic carbocycles. The topological polar surface area (TPSA) is 90.7 Å². The van der Waals surface area contributed by atoms with Gasteiger partial charge in [-0.15, -0.1) is 0 Å². The van der Waals surface area contributed by atoms with Crippen LogP contribution in [0.2, 0.25) is 0 Å². The molecule has 3 N–H and O–H groups in total. The molecular weight excluding hydrogens is 272 g/mol. The van der Waals surface area contributed by atoms with Crippen molar-refractivity contribution in [2.45, 2.75) is 6.92 Å². The fourth-order valence-corrected chi connectivity index (χ4v) is 1.44. The Balaban J connectivity index is 2.34. The highest BCUT2D eigenvalue weighted by atomic mass is 16.5. The van der Waals surface area contributed by atoms with Crippen LogP contribution in [0.4, 0.5) is 0 Å². The standard InChI is InChI=1S/C15H20N2O4/c1-11(2)9-20-8-7-17-15(19)12-3-5-13(6-4-12)21-10-14(16)18/h3-6H,1,7-10H2,2H3,(H2,16,18)(H,17,19). The summed E-state index contributed by atoms with van der Waals surface area (Å²) >= 11 is 0. The normalized spacial score (nSPS) is 9.95. The lowest BCUT2D eigenvalue weighted by atomic mass is 10.2. The van der Waals surface area contributed by atoms with E-state index in [4.69, 9.17) is 15.2 Å². The maximum Gasteiger partial charge on any atom is 0.255 e. The number of rotatable bonds is 9. The first-order valence-electron chi connectivity index (χ1n) is 6.50. The Hall–Kier alpha value is -2.34. The average Bonchev–Trinajstić information content (AvgIpc) is 2.44. The summed E-state index contributed by atoms with van der Waals surface area (Å²) in [5.41, 5.74) is 6.41. The van der Waals surface area contributed by atoms with Crippen molar-refractivity contribution in [1.82, 2.24) is 5.32 Å². The monoisotopic (exact) mass is 292 g/mol. The lowest BCUT2D eigenvalue weighted by Crippen LogP contribution is -2.27. The fraction of sp³-hybridized carbons (Fsp3) is 0.333. The third kappa shape index (κ3) is 7.12.